The Morgan fingerprint density at radius 1 is 0.861 bits per heavy atom. The lowest BCUT2D eigenvalue weighted by Crippen LogP contribution is -2.21. The Balaban J connectivity index is 1.83. The number of alkyl halides is 3. The minimum absolute atomic E-state index is 0.114. The molecular weight excluding hydrogens is 459 g/mol. The number of benzene rings is 4. The highest BCUT2D eigenvalue weighted by Crippen LogP contribution is 2.45. The van der Waals surface area contributed by atoms with E-state index in [9.17, 15) is 13.2 Å². The predicted molar refractivity (Wildman–Crippen MR) is 142 cm³/mol. The highest BCUT2D eigenvalue weighted by Gasteiger charge is 2.39. The summed E-state index contributed by atoms with van der Waals surface area (Å²) in [5.74, 6) is 0. The number of hydrogen-bond acceptors (Lipinski definition) is 1. The van der Waals surface area contributed by atoms with Crippen LogP contribution < -0.4 is 0 Å². The molecule has 4 aromatic carbocycles. The van der Waals surface area contributed by atoms with E-state index in [1.54, 1.807) is 24.3 Å². The van der Waals surface area contributed by atoms with E-state index in [-0.39, 0.29) is 11.1 Å². The fourth-order valence-corrected chi connectivity index (χ4v) is 5.68. The Labute approximate surface area is 205 Å². The molecular formula is C30H23F3N3+. The standard InChI is InChI=1S/C30H23F3N3/c1-17-19-13-9-14-22-21-12-7-8-15-24(21)36(28(19)22)27(17)29(35(3)4)23-16-18-10-5-6-11-20(18)25(26(23)34-2)30(31,32)33/h5-16H,2H2,1,3-4H3/q+1. The van der Waals surface area contributed by atoms with Crippen LogP contribution in [0.2, 0.25) is 0 Å². The average Bonchev–Trinajstić information content (AvgIpc) is 3.34. The van der Waals surface area contributed by atoms with Gasteiger partial charge in [-0.3, -0.25) is 4.99 Å². The maximum Gasteiger partial charge on any atom is 0.419 e. The third-order valence-corrected chi connectivity index (χ3v) is 7.07. The van der Waals surface area contributed by atoms with Crippen molar-refractivity contribution < 1.29 is 17.7 Å². The van der Waals surface area contributed by atoms with Crippen molar-refractivity contribution in [2.75, 3.05) is 14.1 Å². The molecule has 3 nitrogen and oxygen atoms in total. The SMILES string of the molecule is C=Nc1c(C(c2c(C)c3cccc4c5ccccc5n2c34)=[N+](C)C)cc2ccccc2c1C(F)(F)F. The van der Waals surface area contributed by atoms with Crippen LogP contribution in [-0.4, -0.2) is 35.5 Å². The molecule has 0 radical (unpaired) electrons. The first-order valence-corrected chi connectivity index (χ1v) is 11.6. The summed E-state index contributed by atoms with van der Waals surface area (Å²) in [6.45, 7) is 5.60. The van der Waals surface area contributed by atoms with E-state index in [1.165, 1.54) is 6.07 Å². The molecule has 0 aliphatic heterocycles. The summed E-state index contributed by atoms with van der Waals surface area (Å²) in [6.07, 6.45) is -4.60. The van der Waals surface area contributed by atoms with Gasteiger partial charge in [0.05, 0.1) is 27.8 Å². The van der Waals surface area contributed by atoms with Crippen molar-refractivity contribution in [3.05, 3.63) is 95.2 Å². The first-order valence-electron chi connectivity index (χ1n) is 11.6. The van der Waals surface area contributed by atoms with Crippen LogP contribution in [0.15, 0.2) is 77.8 Å². The van der Waals surface area contributed by atoms with Gasteiger partial charge < -0.3 is 4.40 Å². The van der Waals surface area contributed by atoms with Crippen LogP contribution in [0.5, 0.6) is 0 Å². The number of aliphatic imine (C=N–C) groups is 1. The number of hydrogen-bond donors (Lipinski definition) is 0. The Kier molecular flexibility index (Phi) is 4.74. The van der Waals surface area contributed by atoms with Gasteiger partial charge >= 0.3 is 6.18 Å². The van der Waals surface area contributed by atoms with Crippen molar-refractivity contribution in [2.45, 2.75) is 13.1 Å². The van der Waals surface area contributed by atoms with Crippen LogP contribution in [0.1, 0.15) is 22.4 Å². The Bertz CT molecular complexity index is 1870. The second kappa shape index (κ2) is 7.65. The molecule has 0 unspecified atom stereocenters. The first kappa shape index (κ1) is 22.3. The zero-order valence-corrected chi connectivity index (χ0v) is 20.1. The Hall–Kier alpha value is -4.19. The number of nitrogens with zero attached hydrogens (tertiary/aromatic N) is 3. The van der Waals surface area contributed by atoms with Crippen molar-refractivity contribution in [3.63, 3.8) is 0 Å². The summed E-state index contributed by atoms with van der Waals surface area (Å²) < 4.78 is 47.5. The van der Waals surface area contributed by atoms with Gasteiger partial charge in [0, 0.05) is 16.2 Å². The van der Waals surface area contributed by atoms with Crippen molar-refractivity contribution in [2.24, 2.45) is 4.99 Å². The Morgan fingerprint density at radius 3 is 2.19 bits per heavy atom. The molecule has 0 aliphatic rings. The molecule has 0 N–H and O–H groups in total. The van der Waals surface area contributed by atoms with Gasteiger partial charge in [-0.1, -0.05) is 60.7 Å². The number of para-hydroxylation sites is 2. The van der Waals surface area contributed by atoms with Crippen molar-refractivity contribution in [1.82, 2.24) is 4.40 Å². The summed E-state index contributed by atoms with van der Waals surface area (Å²) in [6, 6.07) is 22.7. The van der Waals surface area contributed by atoms with E-state index < -0.39 is 11.7 Å². The molecule has 0 spiro atoms. The fraction of sp³-hybridized carbons (Fsp3) is 0.133. The van der Waals surface area contributed by atoms with Crippen molar-refractivity contribution in [1.29, 1.82) is 0 Å². The minimum Gasteiger partial charge on any atom is -0.303 e. The molecule has 6 heteroatoms. The third kappa shape index (κ3) is 2.94. The second-order valence-electron chi connectivity index (χ2n) is 9.30. The van der Waals surface area contributed by atoms with Gasteiger partial charge in [-0.15, -0.1) is 0 Å². The number of fused-ring (bicyclic) bond motifs is 4. The van der Waals surface area contributed by atoms with Gasteiger partial charge in [-0.25, -0.2) is 4.58 Å². The van der Waals surface area contributed by atoms with E-state index in [0.29, 0.717) is 16.7 Å². The molecule has 36 heavy (non-hydrogen) atoms. The van der Waals surface area contributed by atoms with Crippen LogP contribution in [0.3, 0.4) is 0 Å². The zero-order chi connectivity index (χ0) is 25.4. The zero-order valence-electron chi connectivity index (χ0n) is 20.1. The minimum atomic E-state index is -4.60. The molecule has 2 aromatic heterocycles. The van der Waals surface area contributed by atoms with E-state index in [4.69, 9.17) is 0 Å². The Morgan fingerprint density at radius 2 is 1.50 bits per heavy atom. The molecule has 0 saturated carbocycles. The highest BCUT2D eigenvalue weighted by molar-refractivity contribution is 6.23. The van der Waals surface area contributed by atoms with Crippen LogP contribution in [-0.2, 0) is 6.18 Å². The molecule has 0 aliphatic carbocycles. The number of aromatic nitrogens is 1. The topological polar surface area (TPSA) is 19.8 Å². The summed E-state index contributed by atoms with van der Waals surface area (Å²) in [5, 5.41) is 3.91. The van der Waals surface area contributed by atoms with Crippen molar-refractivity contribution in [3.8, 4) is 0 Å². The smallest absolute Gasteiger partial charge is 0.303 e. The van der Waals surface area contributed by atoms with Crippen LogP contribution >= 0.6 is 0 Å². The van der Waals surface area contributed by atoms with Crippen LogP contribution in [0.25, 0.3) is 38.0 Å². The maximum atomic E-state index is 14.5. The quantitative estimate of drug-likeness (QED) is 0.183. The lowest BCUT2D eigenvalue weighted by molar-refractivity contribution is -0.463. The van der Waals surface area contributed by atoms with E-state index in [2.05, 4.69) is 40.4 Å². The van der Waals surface area contributed by atoms with E-state index >= 15 is 0 Å². The predicted octanol–water partition coefficient (Wildman–Crippen LogP) is 7.61. The van der Waals surface area contributed by atoms with Gasteiger partial charge in [-0.2, -0.15) is 13.2 Å². The normalized spacial score (nSPS) is 12.3. The van der Waals surface area contributed by atoms with E-state index in [1.807, 2.05) is 43.8 Å². The highest BCUT2D eigenvalue weighted by atomic mass is 19.4. The van der Waals surface area contributed by atoms with Gasteiger partial charge in [0.25, 0.3) is 0 Å². The van der Waals surface area contributed by atoms with Gasteiger partial charge in [0.15, 0.2) is 0 Å². The van der Waals surface area contributed by atoms with Crippen LogP contribution in [0.4, 0.5) is 18.9 Å². The molecule has 6 aromatic rings. The van der Waals surface area contributed by atoms with Crippen molar-refractivity contribution >= 4 is 56.1 Å². The number of rotatable bonds is 3. The fourth-order valence-electron chi connectivity index (χ4n) is 5.68. The molecule has 0 amide bonds. The molecule has 0 bridgehead atoms. The third-order valence-electron chi connectivity index (χ3n) is 7.07. The maximum absolute atomic E-state index is 14.5. The number of aryl methyl sites for hydroxylation is 1. The summed E-state index contributed by atoms with van der Waals surface area (Å²) in [7, 11) is 3.72. The van der Waals surface area contributed by atoms with Gasteiger partial charge in [0.1, 0.15) is 19.8 Å². The lowest BCUT2D eigenvalue weighted by atomic mass is 9.93. The summed E-state index contributed by atoms with van der Waals surface area (Å²) in [5.41, 5.74) is 4.06. The summed E-state index contributed by atoms with van der Waals surface area (Å²) in [4.78, 5) is 3.99. The largest absolute Gasteiger partial charge is 0.419 e. The molecule has 2 heterocycles. The second-order valence-corrected chi connectivity index (χ2v) is 9.30. The lowest BCUT2D eigenvalue weighted by Gasteiger charge is -2.17. The van der Waals surface area contributed by atoms with Gasteiger partial charge in [0.2, 0.25) is 5.71 Å². The average molecular weight is 483 g/mol. The molecule has 0 fully saturated rings. The van der Waals surface area contributed by atoms with E-state index in [0.717, 1.165) is 38.4 Å². The number of halogens is 3. The molecule has 0 saturated heterocycles. The van der Waals surface area contributed by atoms with Crippen LogP contribution in [0, 0.1) is 6.92 Å². The molecule has 178 valence electrons. The first-order chi connectivity index (χ1) is 17.2. The van der Waals surface area contributed by atoms with Gasteiger partial charge in [-0.05, 0) is 42.1 Å². The summed E-state index contributed by atoms with van der Waals surface area (Å²) >= 11 is 0. The molecule has 0 atom stereocenters. The monoisotopic (exact) mass is 482 g/mol. The molecule has 6 rings (SSSR count).